The van der Waals surface area contributed by atoms with Crippen molar-refractivity contribution in [3.63, 3.8) is 0 Å². The summed E-state index contributed by atoms with van der Waals surface area (Å²) in [5.74, 6) is 0.223. The van der Waals surface area contributed by atoms with E-state index in [9.17, 15) is 4.79 Å². The number of thiophene rings is 2. The van der Waals surface area contributed by atoms with Crippen LogP contribution in [0.3, 0.4) is 0 Å². The Morgan fingerprint density at radius 1 is 1.21 bits per heavy atom. The van der Waals surface area contributed by atoms with E-state index in [4.69, 9.17) is 0 Å². The van der Waals surface area contributed by atoms with Gasteiger partial charge in [-0.2, -0.15) is 0 Å². The third-order valence-electron chi connectivity index (χ3n) is 4.74. The maximum atomic E-state index is 13.2. The summed E-state index contributed by atoms with van der Waals surface area (Å²) in [6.07, 6.45) is 3.14. The summed E-state index contributed by atoms with van der Waals surface area (Å²) in [5, 5.41) is 4.68. The number of rotatable bonds is 4. The number of piperidine rings is 1. The highest BCUT2D eigenvalue weighted by Crippen LogP contribution is 2.39. The van der Waals surface area contributed by atoms with Gasteiger partial charge in [0.05, 0.1) is 9.58 Å². The van der Waals surface area contributed by atoms with Gasteiger partial charge >= 0.3 is 0 Å². The van der Waals surface area contributed by atoms with Crippen molar-refractivity contribution in [2.24, 2.45) is 0 Å². The second-order valence-electron chi connectivity index (χ2n) is 6.38. The van der Waals surface area contributed by atoms with Crippen molar-refractivity contribution in [1.29, 1.82) is 0 Å². The molecule has 1 aliphatic heterocycles. The second kappa shape index (κ2) is 6.82. The number of fused-ring (bicyclic) bond motifs is 3. The topological polar surface area (TPSA) is 32.3 Å². The summed E-state index contributed by atoms with van der Waals surface area (Å²) < 4.78 is 3.81. The summed E-state index contributed by atoms with van der Waals surface area (Å²) in [7, 11) is 0. The molecule has 1 amide bonds. The maximum Gasteiger partial charge on any atom is 0.264 e. The summed E-state index contributed by atoms with van der Waals surface area (Å²) in [6, 6.07) is 11.0. The fourth-order valence-corrected chi connectivity index (χ4v) is 6.04. The molecule has 0 radical (unpaired) electrons. The highest BCUT2D eigenvalue weighted by Gasteiger charge is 2.27. The molecule has 126 valence electrons. The van der Waals surface area contributed by atoms with Crippen LogP contribution in [0.4, 0.5) is 0 Å². The number of carbonyl (C=O) groups excluding carboxylic acids is 1. The van der Waals surface area contributed by atoms with E-state index in [1.807, 2.05) is 0 Å². The van der Waals surface area contributed by atoms with Gasteiger partial charge in [-0.05, 0) is 44.5 Å². The number of carbonyl (C=O) groups is 1. The molecule has 0 spiro atoms. The first-order valence-corrected chi connectivity index (χ1v) is 10.3. The lowest BCUT2D eigenvalue weighted by Crippen LogP contribution is -2.46. The molecule has 4 rings (SSSR count). The summed E-state index contributed by atoms with van der Waals surface area (Å²) in [6.45, 7) is 5.04. The van der Waals surface area contributed by atoms with E-state index in [1.54, 1.807) is 22.7 Å². The predicted octanol–water partition coefficient (Wildman–Crippen LogP) is 4.72. The molecule has 0 saturated carbocycles. The van der Waals surface area contributed by atoms with Crippen LogP contribution in [-0.4, -0.2) is 36.5 Å². The Kier molecular flexibility index (Phi) is 4.57. The zero-order valence-electron chi connectivity index (χ0n) is 13.9. The van der Waals surface area contributed by atoms with Crippen molar-refractivity contribution in [2.45, 2.75) is 32.2 Å². The molecule has 24 heavy (non-hydrogen) atoms. The van der Waals surface area contributed by atoms with Crippen molar-refractivity contribution in [3.05, 3.63) is 35.2 Å². The van der Waals surface area contributed by atoms with Gasteiger partial charge in [0.1, 0.15) is 0 Å². The van der Waals surface area contributed by atoms with Gasteiger partial charge in [0.25, 0.3) is 5.91 Å². The molecule has 0 unspecified atom stereocenters. The highest BCUT2D eigenvalue weighted by molar-refractivity contribution is 7.33. The minimum atomic E-state index is 0.223. The van der Waals surface area contributed by atoms with Crippen LogP contribution >= 0.6 is 22.7 Å². The number of nitrogens with one attached hydrogen (secondary N) is 1. The van der Waals surface area contributed by atoms with E-state index in [1.165, 1.54) is 19.5 Å². The van der Waals surface area contributed by atoms with Crippen molar-refractivity contribution >= 4 is 48.1 Å². The van der Waals surface area contributed by atoms with Gasteiger partial charge < -0.3 is 10.2 Å². The fraction of sp³-hybridized carbons (Fsp3) is 0.421. The van der Waals surface area contributed by atoms with Crippen molar-refractivity contribution in [2.75, 3.05) is 19.6 Å². The van der Waals surface area contributed by atoms with Crippen LogP contribution in [0.15, 0.2) is 30.3 Å². The number of nitrogens with zero attached hydrogens (tertiary/aromatic N) is 1. The lowest BCUT2D eigenvalue weighted by Gasteiger charge is -2.34. The number of hydrogen-bond donors (Lipinski definition) is 1. The highest BCUT2D eigenvalue weighted by atomic mass is 32.1. The standard InChI is InChI=1S/C19H22N2OS2/c1-2-11-21(13-7-9-20-10-8-13)19(22)17-12-16-18(24-17)14-5-3-4-6-15(14)23-16/h3-6,12-13,20H,2,7-11H2,1H3. The molecule has 1 saturated heterocycles. The Morgan fingerprint density at radius 3 is 2.79 bits per heavy atom. The molecule has 0 aliphatic carbocycles. The van der Waals surface area contributed by atoms with Crippen LogP contribution in [0, 0.1) is 0 Å². The van der Waals surface area contributed by atoms with Crippen LogP contribution in [-0.2, 0) is 0 Å². The molecule has 0 bridgehead atoms. The van der Waals surface area contributed by atoms with Crippen molar-refractivity contribution < 1.29 is 4.79 Å². The third kappa shape index (κ3) is 2.85. The monoisotopic (exact) mass is 358 g/mol. The van der Waals surface area contributed by atoms with E-state index in [2.05, 4.69) is 47.5 Å². The summed E-state index contributed by atoms with van der Waals surface area (Å²) in [5.41, 5.74) is 0. The van der Waals surface area contributed by atoms with Crippen LogP contribution in [0.5, 0.6) is 0 Å². The second-order valence-corrected chi connectivity index (χ2v) is 8.52. The molecule has 5 heteroatoms. The average Bonchev–Trinajstić information content (AvgIpc) is 3.18. The largest absolute Gasteiger partial charge is 0.335 e. The first-order valence-electron chi connectivity index (χ1n) is 8.70. The minimum Gasteiger partial charge on any atom is -0.335 e. The molecule has 2 aromatic heterocycles. The Labute approximate surface area is 150 Å². The van der Waals surface area contributed by atoms with E-state index in [0.717, 1.165) is 43.8 Å². The van der Waals surface area contributed by atoms with Crippen molar-refractivity contribution in [1.82, 2.24) is 10.2 Å². The zero-order valence-corrected chi connectivity index (χ0v) is 15.5. The van der Waals surface area contributed by atoms with Crippen LogP contribution in [0.25, 0.3) is 19.5 Å². The van der Waals surface area contributed by atoms with E-state index in [-0.39, 0.29) is 5.91 Å². The summed E-state index contributed by atoms with van der Waals surface area (Å²) >= 11 is 3.45. The van der Waals surface area contributed by atoms with Gasteiger partial charge in [0, 0.05) is 27.4 Å². The molecular formula is C19H22N2OS2. The molecule has 1 aromatic carbocycles. The molecule has 1 N–H and O–H groups in total. The zero-order chi connectivity index (χ0) is 16.5. The van der Waals surface area contributed by atoms with E-state index < -0.39 is 0 Å². The van der Waals surface area contributed by atoms with Crippen LogP contribution in [0.2, 0.25) is 0 Å². The smallest absolute Gasteiger partial charge is 0.264 e. The van der Waals surface area contributed by atoms with Gasteiger partial charge in [-0.25, -0.2) is 0 Å². The Morgan fingerprint density at radius 2 is 2.00 bits per heavy atom. The molecule has 3 aromatic rings. The van der Waals surface area contributed by atoms with Gasteiger partial charge in [0.15, 0.2) is 0 Å². The molecule has 3 nitrogen and oxygen atoms in total. The first-order chi connectivity index (χ1) is 11.8. The predicted molar refractivity (Wildman–Crippen MR) is 104 cm³/mol. The van der Waals surface area contributed by atoms with Crippen molar-refractivity contribution in [3.8, 4) is 0 Å². The fourth-order valence-electron chi connectivity index (χ4n) is 3.56. The average molecular weight is 359 g/mol. The molecular weight excluding hydrogens is 336 g/mol. The van der Waals surface area contributed by atoms with Gasteiger partial charge in [-0.15, -0.1) is 22.7 Å². The normalized spacial score (nSPS) is 16.0. The SMILES string of the molecule is CCCN(C(=O)c1cc2sc3ccccc3c2s1)C1CCNCC1. The Hall–Kier alpha value is -1.43. The van der Waals surface area contributed by atoms with Crippen LogP contribution in [0.1, 0.15) is 35.9 Å². The maximum absolute atomic E-state index is 13.2. The number of amides is 1. The molecule has 1 fully saturated rings. The van der Waals surface area contributed by atoms with Gasteiger partial charge in [0.2, 0.25) is 0 Å². The molecule has 0 atom stereocenters. The van der Waals surface area contributed by atoms with Crippen LogP contribution < -0.4 is 5.32 Å². The lowest BCUT2D eigenvalue weighted by atomic mass is 10.0. The van der Waals surface area contributed by atoms with Gasteiger partial charge in [-0.3, -0.25) is 4.79 Å². The first kappa shape index (κ1) is 16.1. The Balaban J connectivity index is 1.67. The summed E-state index contributed by atoms with van der Waals surface area (Å²) in [4.78, 5) is 16.2. The number of benzene rings is 1. The molecule has 1 aliphatic rings. The Bertz CT molecular complexity index is 861. The number of hydrogen-bond acceptors (Lipinski definition) is 4. The van der Waals surface area contributed by atoms with Gasteiger partial charge in [-0.1, -0.05) is 25.1 Å². The minimum absolute atomic E-state index is 0.223. The lowest BCUT2D eigenvalue weighted by molar-refractivity contribution is 0.0648. The molecule has 3 heterocycles. The quantitative estimate of drug-likeness (QED) is 0.732. The van der Waals surface area contributed by atoms with E-state index >= 15 is 0 Å². The third-order valence-corrected chi connectivity index (χ3v) is 7.14. The van der Waals surface area contributed by atoms with E-state index in [0.29, 0.717) is 6.04 Å².